The van der Waals surface area contributed by atoms with E-state index in [1.165, 1.54) is 36.0 Å². The Morgan fingerprint density at radius 3 is 2.54 bits per heavy atom. The maximum absolute atomic E-state index is 17.0. The van der Waals surface area contributed by atoms with Gasteiger partial charge in [-0.05, 0) is 86.2 Å². The third-order valence-corrected chi connectivity index (χ3v) is 14.6. The van der Waals surface area contributed by atoms with Gasteiger partial charge in [-0.3, -0.25) is 34.3 Å². The zero-order valence-corrected chi connectivity index (χ0v) is 37.1. The van der Waals surface area contributed by atoms with E-state index in [0.29, 0.717) is 74.4 Å². The molecule has 3 aromatic carbocycles. The van der Waals surface area contributed by atoms with E-state index < -0.39 is 17.6 Å². The van der Waals surface area contributed by atoms with Crippen LogP contribution in [0.1, 0.15) is 73.6 Å². The van der Waals surface area contributed by atoms with Crippen LogP contribution >= 0.6 is 0 Å². The topological polar surface area (TPSA) is 171 Å². The Hall–Kier alpha value is -6.77. The summed E-state index contributed by atoms with van der Waals surface area (Å²) in [5, 5.41) is 23.5. The van der Waals surface area contributed by atoms with Crippen LogP contribution in [0.25, 0.3) is 43.8 Å². The normalized spacial score (nSPS) is 22.5. The molecule has 5 saturated heterocycles. The molecule has 2 bridgehead atoms. The Morgan fingerprint density at radius 2 is 1.76 bits per heavy atom. The second kappa shape index (κ2) is 17.1. The van der Waals surface area contributed by atoms with Gasteiger partial charge in [0.25, 0.3) is 0 Å². The van der Waals surface area contributed by atoms with Crippen LogP contribution in [0.15, 0.2) is 48.7 Å². The highest BCUT2D eigenvalue weighted by molar-refractivity contribution is 6.04. The first-order chi connectivity index (χ1) is 32.5. The lowest BCUT2D eigenvalue weighted by molar-refractivity contribution is -0.135. The summed E-state index contributed by atoms with van der Waals surface area (Å²) < 4.78 is 40.2. The zero-order valence-electron chi connectivity index (χ0n) is 37.1. The molecule has 0 spiro atoms. The number of hydrogen-bond donors (Lipinski definition) is 3. The number of hydrogen-bond acceptors (Lipinski definition) is 12. The van der Waals surface area contributed by atoms with Crippen molar-refractivity contribution in [1.29, 1.82) is 0 Å². The van der Waals surface area contributed by atoms with E-state index in [9.17, 15) is 23.9 Å². The standard InChI is InChI=1S/C50H50F2N10O5/c1-3-34-39(51)10-5-30-18-33(63)20-37(43(30)34)46-44(52)47-38(21-53-46)48(62-23-31-6-7-32(24-62)54-31)57-50(56-47)67-26-27-12-15-60(22-27)25-42(65)61-16-13-28(14-17-61)29-4-8-35-40(19-29)59(2)58-45(35)36-9-11-41(64)55-49(36)66/h1,4-5,8,10,18-21,27-28,31-32,36,54,63H,6-7,9,11-17,22-26H2,2H3,(H,55,64,66). The van der Waals surface area contributed by atoms with Gasteiger partial charge in [0, 0.05) is 86.7 Å². The maximum atomic E-state index is 17.0. The van der Waals surface area contributed by atoms with Crippen molar-refractivity contribution < 1.29 is 33.0 Å². The average Bonchev–Trinajstić information content (AvgIpc) is 4.03. The first-order valence-corrected chi connectivity index (χ1v) is 23.2. The van der Waals surface area contributed by atoms with Gasteiger partial charge in [0.15, 0.2) is 5.82 Å². The fraction of sp³-hybridized carbons (Fsp3) is 0.420. The molecule has 0 radical (unpaired) electrons. The van der Waals surface area contributed by atoms with E-state index in [1.54, 1.807) is 0 Å². The smallest absolute Gasteiger partial charge is 0.319 e. The van der Waals surface area contributed by atoms with Gasteiger partial charge in [0.05, 0.1) is 41.2 Å². The molecule has 11 rings (SSSR count). The molecule has 344 valence electrons. The van der Waals surface area contributed by atoms with E-state index in [4.69, 9.17) is 21.2 Å². The van der Waals surface area contributed by atoms with Crippen LogP contribution in [0.5, 0.6) is 11.8 Å². The van der Waals surface area contributed by atoms with E-state index in [1.807, 2.05) is 22.7 Å². The number of carbonyl (C=O) groups is 3. The number of piperazine rings is 1. The van der Waals surface area contributed by atoms with Crippen molar-refractivity contribution in [1.82, 2.24) is 45.2 Å². The molecule has 0 saturated carbocycles. The highest BCUT2D eigenvalue weighted by Gasteiger charge is 2.36. The highest BCUT2D eigenvalue weighted by Crippen LogP contribution is 2.40. The van der Waals surface area contributed by atoms with Crippen molar-refractivity contribution in [2.24, 2.45) is 13.0 Å². The molecule has 8 heterocycles. The quantitative estimate of drug-likeness (QED) is 0.127. The average molecular weight is 909 g/mol. The van der Waals surface area contributed by atoms with Gasteiger partial charge in [-0.15, -0.1) is 6.42 Å². The van der Waals surface area contributed by atoms with Gasteiger partial charge in [0.1, 0.15) is 28.6 Å². The molecule has 5 fully saturated rings. The number of rotatable bonds is 9. The number of ether oxygens (including phenoxy) is 1. The molecule has 15 nitrogen and oxygen atoms in total. The van der Waals surface area contributed by atoms with Crippen LogP contribution < -0.4 is 20.3 Å². The minimum atomic E-state index is -0.770. The summed E-state index contributed by atoms with van der Waals surface area (Å²) >= 11 is 0. The lowest BCUT2D eigenvalue weighted by Gasteiger charge is -2.34. The van der Waals surface area contributed by atoms with Gasteiger partial charge < -0.3 is 25.0 Å². The van der Waals surface area contributed by atoms with Crippen LogP contribution in [0, 0.1) is 29.9 Å². The number of phenols is 1. The molecule has 5 aliphatic rings. The molecular formula is C50H50F2N10O5. The third kappa shape index (κ3) is 7.95. The molecule has 3 aromatic heterocycles. The second-order valence-corrected chi connectivity index (χ2v) is 18.9. The van der Waals surface area contributed by atoms with Crippen LogP contribution in [0.3, 0.4) is 0 Å². The number of terminal acetylenes is 1. The lowest BCUT2D eigenvalue weighted by atomic mass is 9.88. The number of pyridine rings is 1. The fourth-order valence-corrected chi connectivity index (χ4v) is 11.1. The first-order valence-electron chi connectivity index (χ1n) is 23.2. The number of piperidine rings is 2. The van der Waals surface area contributed by atoms with Crippen LogP contribution in [-0.4, -0.2) is 122 Å². The first kappa shape index (κ1) is 42.8. The Labute approximate surface area is 384 Å². The van der Waals surface area contributed by atoms with Crippen LogP contribution in [-0.2, 0) is 21.4 Å². The number of nitrogens with one attached hydrogen (secondary N) is 2. The van der Waals surface area contributed by atoms with Gasteiger partial charge in [-0.1, -0.05) is 24.1 Å². The fourth-order valence-electron chi connectivity index (χ4n) is 11.1. The number of phenolic OH excluding ortho intramolecular Hbond substituents is 1. The summed E-state index contributed by atoms with van der Waals surface area (Å²) in [6.07, 6.45) is 12.5. The van der Waals surface area contributed by atoms with E-state index in [0.717, 1.165) is 49.6 Å². The van der Waals surface area contributed by atoms with Crippen molar-refractivity contribution in [3.63, 3.8) is 0 Å². The van der Waals surface area contributed by atoms with Gasteiger partial charge in [0.2, 0.25) is 17.7 Å². The predicted octanol–water partition coefficient (Wildman–Crippen LogP) is 5.26. The largest absolute Gasteiger partial charge is 0.508 e. The number of halogens is 2. The molecule has 6 aromatic rings. The van der Waals surface area contributed by atoms with Crippen molar-refractivity contribution in [3.05, 3.63) is 77.1 Å². The van der Waals surface area contributed by atoms with E-state index in [-0.39, 0.29) is 87.7 Å². The minimum absolute atomic E-state index is 0.00936. The van der Waals surface area contributed by atoms with E-state index >= 15 is 4.39 Å². The number of amides is 3. The summed E-state index contributed by atoms with van der Waals surface area (Å²) in [5.74, 6) is 0.803. The summed E-state index contributed by atoms with van der Waals surface area (Å²) in [5.41, 5.74) is 2.75. The van der Waals surface area contributed by atoms with Crippen LogP contribution in [0.4, 0.5) is 14.6 Å². The number of aromatic nitrogens is 5. The Morgan fingerprint density at radius 1 is 0.955 bits per heavy atom. The van der Waals surface area contributed by atoms with Crippen molar-refractivity contribution in [3.8, 4) is 35.4 Å². The Kier molecular flexibility index (Phi) is 11.0. The summed E-state index contributed by atoms with van der Waals surface area (Å²) in [6, 6.07) is 12.3. The minimum Gasteiger partial charge on any atom is -0.508 e. The molecule has 4 atom stereocenters. The number of anilines is 1. The SMILES string of the molecule is C#Cc1c(F)ccc2cc(O)cc(-c3ncc4c(N5CC6CCC(C5)N6)nc(OCC5CCN(CC(=O)N6CCC(c7ccc8c(C9CCC(=O)NC9=O)nn(C)c8c7)CC6)C5)nc4c3F)c12. The molecule has 5 aliphatic heterocycles. The molecule has 3 amide bonds. The number of carbonyl (C=O) groups excluding carboxylic acids is 3. The molecule has 0 aliphatic carbocycles. The second-order valence-electron chi connectivity index (χ2n) is 18.9. The number of aromatic hydroxyl groups is 1. The summed E-state index contributed by atoms with van der Waals surface area (Å²) in [7, 11) is 1.88. The van der Waals surface area contributed by atoms with Crippen molar-refractivity contribution >= 4 is 56.1 Å². The number of aryl methyl sites for hydroxylation is 1. The molecule has 17 heteroatoms. The predicted molar refractivity (Wildman–Crippen MR) is 246 cm³/mol. The number of fused-ring (bicyclic) bond motifs is 5. The monoisotopic (exact) mass is 908 g/mol. The van der Waals surface area contributed by atoms with Gasteiger partial charge >= 0.3 is 6.01 Å². The van der Waals surface area contributed by atoms with E-state index in [2.05, 4.69) is 48.5 Å². The molecular weight excluding hydrogens is 859 g/mol. The lowest BCUT2D eigenvalue weighted by Crippen LogP contribution is -2.51. The third-order valence-electron chi connectivity index (χ3n) is 14.6. The highest BCUT2D eigenvalue weighted by atomic mass is 19.1. The summed E-state index contributed by atoms with van der Waals surface area (Å²) in [4.78, 5) is 58.3. The molecule has 67 heavy (non-hydrogen) atoms. The maximum Gasteiger partial charge on any atom is 0.319 e. The zero-order chi connectivity index (χ0) is 46.1. The number of likely N-dealkylation sites (tertiary alicyclic amines) is 2. The number of imide groups is 1. The van der Waals surface area contributed by atoms with Crippen molar-refractivity contribution in [2.75, 3.05) is 57.3 Å². The number of nitrogens with zero attached hydrogens (tertiary/aromatic N) is 8. The molecule has 3 N–H and O–H groups in total. The molecule has 4 unspecified atom stereocenters. The summed E-state index contributed by atoms with van der Waals surface area (Å²) in [6.45, 7) is 4.62. The Balaban J connectivity index is 0.762. The van der Waals surface area contributed by atoms with Crippen molar-refractivity contribution in [2.45, 2.75) is 68.9 Å². The number of benzene rings is 3. The van der Waals surface area contributed by atoms with Gasteiger partial charge in [-0.2, -0.15) is 15.1 Å². The van der Waals surface area contributed by atoms with Crippen LogP contribution in [0.2, 0.25) is 0 Å². The Bertz CT molecular complexity index is 3040. The van der Waals surface area contributed by atoms with Gasteiger partial charge in [-0.25, -0.2) is 8.78 Å².